The molecule has 1 unspecified atom stereocenters. The third-order valence-electron chi connectivity index (χ3n) is 2.73. The Balaban J connectivity index is 2.02. The Hall–Kier alpha value is -0.0900. The van der Waals surface area contributed by atoms with Gasteiger partial charge < -0.3 is 4.74 Å². The summed E-state index contributed by atoms with van der Waals surface area (Å²) >= 11 is 9.47. The predicted octanol–water partition coefficient (Wildman–Crippen LogP) is 3.32. The van der Waals surface area contributed by atoms with Gasteiger partial charge in [0.2, 0.25) is 0 Å². The molecular formula is C12H15BrClNO. The molecule has 1 aliphatic rings. The van der Waals surface area contributed by atoms with Crippen molar-refractivity contribution in [3.63, 3.8) is 0 Å². The molecule has 0 bridgehead atoms. The maximum Gasteiger partial charge on any atom is 0.0674 e. The number of halogens is 2. The third-order valence-corrected chi connectivity index (χ3v) is 3.71. The van der Waals surface area contributed by atoms with Crippen molar-refractivity contribution in [1.29, 1.82) is 0 Å². The number of morpholine rings is 1. The summed E-state index contributed by atoms with van der Waals surface area (Å²) in [5.41, 5.74) is 1.28. The largest absolute Gasteiger partial charge is 0.376 e. The van der Waals surface area contributed by atoms with Crippen molar-refractivity contribution in [2.45, 2.75) is 19.6 Å². The first-order valence-electron chi connectivity index (χ1n) is 5.43. The molecule has 0 saturated carbocycles. The molecule has 2 rings (SSSR count). The first-order valence-corrected chi connectivity index (χ1v) is 6.60. The van der Waals surface area contributed by atoms with Gasteiger partial charge in [0.05, 0.1) is 12.7 Å². The Morgan fingerprint density at radius 3 is 3.06 bits per heavy atom. The lowest BCUT2D eigenvalue weighted by Gasteiger charge is -2.31. The van der Waals surface area contributed by atoms with E-state index in [4.69, 9.17) is 16.3 Å². The highest BCUT2D eigenvalue weighted by Gasteiger charge is 2.17. The van der Waals surface area contributed by atoms with E-state index in [0.717, 1.165) is 35.7 Å². The van der Waals surface area contributed by atoms with Gasteiger partial charge in [-0.2, -0.15) is 0 Å². The van der Waals surface area contributed by atoms with Gasteiger partial charge >= 0.3 is 0 Å². The van der Waals surface area contributed by atoms with E-state index in [1.165, 1.54) is 5.56 Å². The highest BCUT2D eigenvalue weighted by Crippen LogP contribution is 2.23. The molecule has 0 spiro atoms. The minimum Gasteiger partial charge on any atom is -0.376 e. The minimum atomic E-state index is 0.333. The first kappa shape index (κ1) is 12.4. The lowest BCUT2D eigenvalue weighted by atomic mass is 10.2. The van der Waals surface area contributed by atoms with Gasteiger partial charge in [-0.15, -0.1) is 0 Å². The standard InChI is InChI=1S/C12H15BrClNO/c1-9-7-15(4-5-16-9)8-10-2-3-11(14)6-12(10)13/h2-3,6,9H,4-5,7-8H2,1H3. The van der Waals surface area contributed by atoms with E-state index in [2.05, 4.69) is 33.8 Å². The summed E-state index contributed by atoms with van der Waals surface area (Å²) in [5.74, 6) is 0. The summed E-state index contributed by atoms with van der Waals surface area (Å²) in [6.07, 6.45) is 0.333. The molecule has 16 heavy (non-hydrogen) atoms. The number of hydrogen-bond donors (Lipinski definition) is 0. The molecule has 1 aromatic rings. The lowest BCUT2D eigenvalue weighted by Crippen LogP contribution is -2.40. The highest BCUT2D eigenvalue weighted by atomic mass is 79.9. The van der Waals surface area contributed by atoms with Crippen LogP contribution in [0.5, 0.6) is 0 Å². The summed E-state index contributed by atoms with van der Waals surface area (Å²) in [6, 6.07) is 5.96. The zero-order valence-corrected chi connectivity index (χ0v) is 11.6. The number of rotatable bonds is 2. The van der Waals surface area contributed by atoms with Gasteiger partial charge in [-0.05, 0) is 24.6 Å². The van der Waals surface area contributed by atoms with E-state index >= 15 is 0 Å². The van der Waals surface area contributed by atoms with E-state index in [1.54, 1.807) is 0 Å². The summed E-state index contributed by atoms with van der Waals surface area (Å²) in [5, 5.41) is 0.769. The molecule has 0 aromatic heterocycles. The lowest BCUT2D eigenvalue weighted by molar-refractivity contribution is -0.0212. The molecular weight excluding hydrogens is 289 g/mol. The van der Waals surface area contributed by atoms with Crippen molar-refractivity contribution in [2.24, 2.45) is 0 Å². The molecule has 88 valence electrons. The number of ether oxygens (including phenoxy) is 1. The second kappa shape index (κ2) is 5.50. The van der Waals surface area contributed by atoms with Crippen LogP contribution >= 0.6 is 27.5 Å². The van der Waals surface area contributed by atoms with Gasteiger partial charge in [0.1, 0.15) is 0 Å². The van der Waals surface area contributed by atoms with Gasteiger partial charge in [0, 0.05) is 29.1 Å². The highest BCUT2D eigenvalue weighted by molar-refractivity contribution is 9.10. The van der Waals surface area contributed by atoms with Crippen LogP contribution in [0.25, 0.3) is 0 Å². The molecule has 1 aliphatic heterocycles. The van der Waals surface area contributed by atoms with Crippen LogP contribution in [0.15, 0.2) is 22.7 Å². The predicted molar refractivity (Wildman–Crippen MR) is 69.8 cm³/mol. The quantitative estimate of drug-likeness (QED) is 0.831. The molecule has 0 radical (unpaired) electrons. The molecule has 2 nitrogen and oxygen atoms in total. The topological polar surface area (TPSA) is 12.5 Å². The van der Waals surface area contributed by atoms with E-state index in [-0.39, 0.29) is 0 Å². The smallest absolute Gasteiger partial charge is 0.0674 e. The molecule has 0 amide bonds. The average Bonchev–Trinajstić information content (AvgIpc) is 2.22. The molecule has 1 fully saturated rings. The zero-order chi connectivity index (χ0) is 11.5. The Bertz CT molecular complexity index is 372. The Morgan fingerprint density at radius 2 is 2.38 bits per heavy atom. The molecule has 1 heterocycles. The first-order chi connectivity index (χ1) is 7.65. The number of hydrogen-bond acceptors (Lipinski definition) is 2. The second-order valence-corrected chi connectivity index (χ2v) is 5.44. The van der Waals surface area contributed by atoms with Crippen molar-refractivity contribution in [2.75, 3.05) is 19.7 Å². The Labute approximate surface area is 110 Å². The maximum atomic E-state index is 5.92. The van der Waals surface area contributed by atoms with Crippen LogP contribution in [-0.2, 0) is 11.3 Å². The maximum absolute atomic E-state index is 5.92. The molecule has 4 heteroatoms. The van der Waals surface area contributed by atoms with Crippen molar-refractivity contribution < 1.29 is 4.74 Å². The van der Waals surface area contributed by atoms with Crippen LogP contribution < -0.4 is 0 Å². The van der Waals surface area contributed by atoms with Crippen molar-refractivity contribution in [3.8, 4) is 0 Å². The Morgan fingerprint density at radius 1 is 1.56 bits per heavy atom. The van der Waals surface area contributed by atoms with Crippen LogP contribution in [0.4, 0.5) is 0 Å². The van der Waals surface area contributed by atoms with E-state index < -0.39 is 0 Å². The van der Waals surface area contributed by atoms with E-state index in [0.29, 0.717) is 6.10 Å². The average molecular weight is 305 g/mol. The number of nitrogens with zero attached hydrogens (tertiary/aromatic N) is 1. The van der Waals surface area contributed by atoms with Crippen molar-refractivity contribution in [1.82, 2.24) is 4.90 Å². The number of benzene rings is 1. The fourth-order valence-corrected chi connectivity index (χ4v) is 2.73. The van der Waals surface area contributed by atoms with E-state index in [1.807, 2.05) is 12.1 Å². The third kappa shape index (κ3) is 3.20. The van der Waals surface area contributed by atoms with Crippen LogP contribution in [-0.4, -0.2) is 30.7 Å². The Kier molecular flexibility index (Phi) is 4.25. The molecule has 1 saturated heterocycles. The minimum absolute atomic E-state index is 0.333. The van der Waals surface area contributed by atoms with Crippen molar-refractivity contribution in [3.05, 3.63) is 33.3 Å². The fourth-order valence-electron chi connectivity index (χ4n) is 1.93. The zero-order valence-electron chi connectivity index (χ0n) is 9.25. The van der Waals surface area contributed by atoms with Gasteiger partial charge in [0.25, 0.3) is 0 Å². The van der Waals surface area contributed by atoms with Crippen LogP contribution in [0.2, 0.25) is 5.02 Å². The summed E-state index contributed by atoms with van der Waals surface area (Å²) < 4.78 is 6.60. The fraction of sp³-hybridized carbons (Fsp3) is 0.500. The summed E-state index contributed by atoms with van der Waals surface area (Å²) in [4.78, 5) is 2.40. The second-order valence-electron chi connectivity index (χ2n) is 4.15. The molecule has 0 N–H and O–H groups in total. The SMILES string of the molecule is CC1CN(Cc2ccc(Cl)cc2Br)CCO1. The van der Waals surface area contributed by atoms with Crippen LogP contribution in [0, 0.1) is 0 Å². The van der Waals surface area contributed by atoms with Gasteiger partial charge in [-0.25, -0.2) is 0 Å². The monoisotopic (exact) mass is 303 g/mol. The van der Waals surface area contributed by atoms with Gasteiger partial charge in [-0.1, -0.05) is 33.6 Å². The summed E-state index contributed by atoms with van der Waals surface area (Å²) in [7, 11) is 0. The van der Waals surface area contributed by atoms with Gasteiger partial charge in [-0.3, -0.25) is 4.90 Å². The van der Waals surface area contributed by atoms with Crippen LogP contribution in [0.1, 0.15) is 12.5 Å². The van der Waals surface area contributed by atoms with Gasteiger partial charge in [0.15, 0.2) is 0 Å². The van der Waals surface area contributed by atoms with Crippen LogP contribution in [0.3, 0.4) is 0 Å². The van der Waals surface area contributed by atoms with E-state index in [9.17, 15) is 0 Å². The summed E-state index contributed by atoms with van der Waals surface area (Å²) in [6.45, 7) is 5.88. The van der Waals surface area contributed by atoms with Crippen molar-refractivity contribution >= 4 is 27.5 Å². The normalized spacial score (nSPS) is 22.3. The molecule has 1 atom stereocenters. The molecule has 1 aromatic carbocycles. The molecule has 0 aliphatic carbocycles.